The van der Waals surface area contributed by atoms with E-state index in [1.54, 1.807) is 13.8 Å². The van der Waals surface area contributed by atoms with E-state index in [1.165, 1.54) is 0 Å². The minimum Gasteiger partial charge on any atom is -0.372 e. The summed E-state index contributed by atoms with van der Waals surface area (Å²) in [5.41, 5.74) is -0.268. The number of rotatable bonds is 6. The highest BCUT2D eigenvalue weighted by molar-refractivity contribution is 7.95. The summed E-state index contributed by atoms with van der Waals surface area (Å²) in [4.78, 5) is 14.2. The molecule has 0 aromatic carbocycles. The van der Waals surface area contributed by atoms with Crippen LogP contribution in [0.1, 0.15) is 12.7 Å². The second-order valence-corrected chi connectivity index (χ2v) is 7.53. The molecule has 0 aliphatic carbocycles. The molecule has 0 unspecified atom stereocenters. The van der Waals surface area contributed by atoms with Crippen molar-refractivity contribution < 1.29 is 13.3 Å². The fourth-order valence-corrected chi connectivity index (χ4v) is 4.61. The Morgan fingerprint density at radius 1 is 1.48 bits per heavy atom. The van der Waals surface area contributed by atoms with Gasteiger partial charge in [0.25, 0.3) is 10.0 Å². The van der Waals surface area contributed by atoms with Crippen molar-refractivity contribution in [2.75, 3.05) is 16.6 Å². The number of hydrogen-bond acceptors (Lipinski definition) is 9. The van der Waals surface area contributed by atoms with Crippen molar-refractivity contribution >= 4 is 48.7 Å². The van der Waals surface area contributed by atoms with Crippen LogP contribution in [0, 0.1) is 17.0 Å². The lowest BCUT2D eigenvalue weighted by Gasteiger charge is -2.00. The molecule has 21 heavy (non-hydrogen) atoms. The van der Waals surface area contributed by atoms with Gasteiger partial charge in [0.2, 0.25) is 5.13 Å². The van der Waals surface area contributed by atoms with Crippen LogP contribution in [-0.2, 0) is 10.0 Å². The fourth-order valence-electron chi connectivity index (χ4n) is 1.42. The SMILES string of the molecule is CCNc1sc(S(=O)(=O)Nc2nc(C)ns2)cc1[N+](=O)[O-]. The Kier molecular flexibility index (Phi) is 4.39. The van der Waals surface area contributed by atoms with Gasteiger partial charge in [-0.3, -0.25) is 14.8 Å². The molecule has 2 heterocycles. The molecule has 0 aliphatic rings. The number of sulfonamides is 1. The lowest BCUT2D eigenvalue weighted by atomic mass is 10.5. The molecule has 0 bridgehead atoms. The molecule has 0 aliphatic heterocycles. The molecule has 114 valence electrons. The number of hydrogen-bond donors (Lipinski definition) is 2. The predicted octanol–water partition coefficient (Wildman–Crippen LogP) is 2.05. The van der Waals surface area contributed by atoms with Crippen LogP contribution < -0.4 is 10.0 Å². The fraction of sp³-hybridized carbons (Fsp3) is 0.333. The monoisotopic (exact) mass is 349 g/mol. The zero-order valence-electron chi connectivity index (χ0n) is 11.0. The maximum absolute atomic E-state index is 12.2. The molecule has 0 saturated carbocycles. The highest BCUT2D eigenvalue weighted by Crippen LogP contribution is 2.37. The van der Waals surface area contributed by atoms with Gasteiger partial charge < -0.3 is 5.32 Å². The van der Waals surface area contributed by atoms with Crippen molar-refractivity contribution in [1.29, 1.82) is 0 Å². The Bertz CT molecular complexity index is 766. The number of aromatic nitrogens is 2. The van der Waals surface area contributed by atoms with Gasteiger partial charge in [-0.2, -0.15) is 4.37 Å². The zero-order chi connectivity index (χ0) is 15.6. The number of nitrogens with one attached hydrogen (secondary N) is 2. The molecule has 0 spiro atoms. The maximum atomic E-state index is 12.2. The summed E-state index contributed by atoms with van der Waals surface area (Å²) >= 11 is 1.70. The quantitative estimate of drug-likeness (QED) is 0.603. The number of aryl methyl sites for hydroxylation is 1. The Balaban J connectivity index is 2.35. The lowest BCUT2D eigenvalue weighted by Crippen LogP contribution is -2.11. The second-order valence-electron chi connectivity index (χ2n) is 3.82. The molecular formula is C9H11N5O4S3. The normalized spacial score (nSPS) is 11.3. The smallest absolute Gasteiger partial charge is 0.304 e. The number of thiophene rings is 1. The summed E-state index contributed by atoms with van der Waals surface area (Å²) in [5, 5.41) is 14.0. The summed E-state index contributed by atoms with van der Waals surface area (Å²) in [5.74, 6) is 0.447. The molecule has 2 N–H and O–H groups in total. The maximum Gasteiger partial charge on any atom is 0.304 e. The van der Waals surface area contributed by atoms with E-state index in [-0.39, 0.29) is 20.0 Å². The third-order valence-electron chi connectivity index (χ3n) is 2.24. The Hall–Kier alpha value is -1.79. The molecular weight excluding hydrogens is 338 g/mol. The van der Waals surface area contributed by atoms with Gasteiger partial charge in [-0.15, -0.1) is 0 Å². The van der Waals surface area contributed by atoms with Gasteiger partial charge in [0.05, 0.1) is 4.92 Å². The lowest BCUT2D eigenvalue weighted by molar-refractivity contribution is -0.383. The Morgan fingerprint density at radius 3 is 2.71 bits per heavy atom. The van der Waals surface area contributed by atoms with Gasteiger partial charge in [-0.05, 0) is 13.8 Å². The number of nitrogens with zero attached hydrogens (tertiary/aromatic N) is 3. The van der Waals surface area contributed by atoms with Crippen LogP contribution in [0.15, 0.2) is 10.3 Å². The van der Waals surface area contributed by atoms with Crippen molar-refractivity contribution in [3.63, 3.8) is 0 Å². The second kappa shape index (κ2) is 5.91. The van der Waals surface area contributed by atoms with E-state index < -0.39 is 14.9 Å². The molecule has 2 rings (SSSR count). The van der Waals surface area contributed by atoms with Crippen LogP contribution in [0.2, 0.25) is 0 Å². The molecule has 2 aromatic heterocycles. The first-order valence-electron chi connectivity index (χ1n) is 5.68. The highest BCUT2D eigenvalue weighted by atomic mass is 32.2. The van der Waals surface area contributed by atoms with E-state index in [0.29, 0.717) is 12.4 Å². The number of nitro groups is 1. The molecule has 2 aromatic rings. The molecule has 0 saturated heterocycles. The summed E-state index contributed by atoms with van der Waals surface area (Å²) in [6.07, 6.45) is 0. The van der Waals surface area contributed by atoms with Crippen LogP contribution in [-0.4, -0.2) is 29.2 Å². The van der Waals surface area contributed by atoms with Crippen LogP contribution in [0.25, 0.3) is 0 Å². The van der Waals surface area contributed by atoms with E-state index in [2.05, 4.69) is 19.4 Å². The van der Waals surface area contributed by atoms with E-state index in [4.69, 9.17) is 0 Å². The van der Waals surface area contributed by atoms with E-state index in [9.17, 15) is 18.5 Å². The first-order chi connectivity index (χ1) is 9.83. The highest BCUT2D eigenvalue weighted by Gasteiger charge is 2.26. The minimum absolute atomic E-state index is 0.119. The van der Waals surface area contributed by atoms with Crippen LogP contribution in [0.5, 0.6) is 0 Å². The topological polar surface area (TPSA) is 127 Å². The minimum atomic E-state index is -3.92. The van der Waals surface area contributed by atoms with Crippen LogP contribution in [0.4, 0.5) is 15.8 Å². The third kappa shape index (κ3) is 3.46. The Labute approximate surface area is 128 Å². The summed E-state index contributed by atoms with van der Waals surface area (Å²) in [6.45, 7) is 3.84. The average Bonchev–Trinajstić information content (AvgIpc) is 2.96. The van der Waals surface area contributed by atoms with Gasteiger partial charge in [0.15, 0.2) is 5.00 Å². The van der Waals surface area contributed by atoms with Crippen molar-refractivity contribution in [2.24, 2.45) is 0 Å². The summed E-state index contributed by atoms with van der Waals surface area (Å²) < 4.78 is 30.3. The van der Waals surface area contributed by atoms with Gasteiger partial charge in [-0.25, -0.2) is 13.4 Å². The first-order valence-corrected chi connectivity index (χ1v) is 8.76. The van der Waals surface area contributed by atoms with E-state index in [0.717, 1.165) is 28.9 Å². The molecule has 0 radical (unpaired) electrons. The van der Waals surface area contributed by atoms with Crippen molar-refractivity contribution in [2.45, 2.75) is 18.1 Å². The standard InChI is InChI=1S/C9H11N5O4S3/c1-3-10-8-6(14(15)16)4-7(19-8)21(17,18)13-9-11-5(2)12-20-9/h4,10H,3H2,1-2H3,(H,11,12,13). The zero-order valence-corrected chi connectivity index (χ0v) is 13.4. The van der Waals surface area contributed by atoms with Crippen LogP contribution >= 0.6 is 22.9 Å². The Morgan fingerprint density at radius 2 is 2.19 bits per heavy atom. The van der Waals surface area contributed by atoms with Crippen LogP contribution in [0.3, 0.4) is 0 Å². The first kappa shape index (κ1) is 15.6. The molecule has 9 nitrogen and oxygen atoms in total. The van der Waals surface area contributed by atoms with Gasteiger partial charge in [-0.1, -0.05) is 11.3 Å². The van der Waals surface area contributed by atoms with E-state index >= 15 is 0 Å². The predicted molar refractivity (Wildman–Crippen MR) is 80.6 cm³/mol. The largest absolute Gasteiger partial charge is 0.372 e. The van der Waals surface area contributed by atoms with Crippen molar-refractivity contribution in [1.82, 2.24) is 9.36 Å². The molecule has 0 amide bonds. The summed E-state index contributed by atoms with van der Waals surface area (Å²) in [7, 11) is -3.92. The van der Waals surface area contributed by atoms with Crippen molar-refractivity contribution in [3.05, 3.63) is 22.0 Å². The van der Waals surface area contributed by atoms with E-state index in [1.807, 2.05) is 0 Å². The third-order valence-corrected chi connectivity index (χ3v) is 5.98. The average molecular weight is 349 g/mol. The molecule has 0 fully saturated rings. The number of anilines is 2. The summed E-state index contributed by atoms with van der Waals surface area (Å²) in [6, 6.07) is 1.03. The van der Waals surface area contributed by atoms with Gasteiger partial charge >= 0.3 is 5.69 Å². The molecule has 12 heteroatoms. The van der Waals surface area contributed by atoms with Gasteiger partial charge in [0.1, 0.15) is 10.0 Å². The molecule has 0 atom stereocenters. The van der Waals surface area contributed by atoms with Gasteiger partial charge in [0, 0.05) is 24.1 Å². The van der Waals surface area contributed by atoms with Crippen molar-refractivity contribution in [3.8, 4) is 0 Å².